The van der Waals surface area contributed by atoms with Crippen LogP contribution in [0, 0.1) is 11.8 Å². The number of cyclic esters (lactones) is 1. The van der Waals surface area contributed by atoms with E-state index in [2.05, 4.69) is 48.3 Å². The van der Waals surface area contributed by atoms with Gasteiger partial charge < -0.3 is 62.1 Å². The highest BCUT2D eigenvalue weighted by atomic mass is 16.7. The van der Waals surface area contributed by atoms with Gasteiger partial charge in [-0.3, -0.25) is 19.2 Å². The number of likely N-dealkylation sites (N-methyl/N-ethyl adjacent to an activating group) is 1. The molecule has 0 saturated carbocycles. The van der Waals surface area contributed by atoms with E-state index < -0.39 is 115 Å². The topological polar surface area (TPSA) is 200 Å². The maximum Gasteiger partial charge on any atom is 0.309 e. The highest BCUT2D eigenvalue weighted by Crippen LogP contribution is 2.40. The van der Waals surface area contributed by atoms with Crippen molar-refractivity contribution >= 4 is 23.9 Å². The molecular formula is C53H89N3O16. The van der Waals surface area contributed by atoms with Gasteiger partial charge >= 0.3 is 23.9 Å². The van der Waals surface area contributed by atoms with Crippen molar-refractivity contribution in [3.05, 3.63) is 35.9 Å². The first-order valence-electron chi connectivity index (χ1n) is 26.0. The molecule has 0 amide bonds. The molecule has 72 heavy (non-hydrogen) atoms. The number of aliphatic hydroxyl groups excluding tert-OH is 1. The molecule has 1 N–H and O–H groups in total. The highest BCUT2D eigenvalue weighted by Gasteiger charge is 2.54. The fourth-order valence-electron chi connectivity index (χ4n) is 10.4. The van der Waals surface area contributed by atoms with E-state index in [4.69, 9.17) is 52.1 Å². The predicted molar refractivity (Wildman–Crippen MR) is 266 cm³/mol. The lowest BCUT2D eigenvalue weighted by molar-refractivity contribution is -0.345. The van der Waals surface area contributed by atoms with Crippen molar-refractivity contribution < 1.29 is 76.4 Å². The third-order valence-corrected chi connectivity index (χ3v) is 14.2. The number of hydrogen-bond acceptors (Lipinski definition) is 19. The summed E-state index contributed by atoms with van der Waals surface area (Å²) in [6.07, 6.45) is -7.25. The van der Waals surface area contributed by atoms with Gasteiger partial charge in [0, 0.05) is 80.6 Å². The van der Waals surface area contributed by atoms with Crippen LogP contribution in [-0.4, -0.2) is 191 Å². The first-order valence-corrected chi connectivity index (χ1v) is 26.0. The molecule has 4 rings (SSSR count). The van der Waals surface area contributed by atoms with Crippen LogP contribution in [0.3, 0.4) is 0 Å². The SMILES string of the molecule is CCC(=O)O[C@@H]1CC(=O)O[C@H](C)CCN(N(C)CCCc2ccccc2)CC[C@H](C)C[C@H](CC(OC)OC)[C@H](O[C@@H]2O[C@H](C)[C@@H](O[C@H]3C[C@@](C)(OC(C)=O)[C@@H](OC(=O)CC)[C@H](C)O3)[C@H](N(C)C)[C@H]2O)[C@H]1OC. The van der Waals surface area contributed by atoms with Crippen molar-refractivity contribution in [1.82, 2.24) is 14.9 Å². The van der Waals surface area contributed by atoms with Gasteiger partial charge in [-0.1, -0.05) is 51.1 Å². The zero-order chi connectivity index (χ0) is 53.3. The van der Waals surface area contributed by atoms with Crippen LogP contribution >= 0.6 is 0 Å². The second-order valence-corrected chi connectivity index (χ2v) is 20.3. The first-order chi connectivity index (χ1) is 34.2. The lowest BCUT2D eigenvalue weighted by Crippen LogP contribution is -2.66. The molecule has 1 aromatic rings. The van der Waals surface area contributed by atoms with Crippen molar-refractivity contribution in [2.24, 2.45) is 11.8 Å². The average molecular weight is 1020 g/mol. The summed E-state index contributed by atoms with van der Waals surface area (Å²) in [5, 5.41) is 17.1. The second kappa shape index (κ2) is 29.7. The van der Waals surface area contributed by atoms with E-state index in [1.54, 1.807) is 62.9 Å². The number of nitrogens with zero attached hydrogens (tertiary/aromatic N) is 3. The van der Waals surface area contributed by atoms with E-state index in [-0.39, 0.29) is 31.6 Å². The van der Waals surface area contributed by atoms with Gasteiger partial charge in [0.05, 0.1) is 30.8 Å². The number of esters is 4. The molecule has 0 spiro atoms. The lowest BCUT2D eigenvalue weighted by Gasteiger charge is -2.51. The summed E-state index contributed by atoms with van der Waals surface area (Å²) in [4.78, 5) is 53.9. The second-order valence-electron chi connectivity index (χ2n) is 20.3. The molecule has 3 aliphatic rings. The van der Waals surface area contributed by atoms with E-state index in [0.29, 0.717) is 25.8 Å². The normalized spacial score (nSPS) is 33.7. The van der Waals surface area contributed by atoms with Crippen LogP contribution in [-0.2, 0) is 77.7 Å². The summed E-state index contributed by atoms with van der Waals surface area (Å²) in [5.41, 5.74) is -0.0157. The molecule has 1 aromatic carbocycles. The fourth-order valence-corrected chi connectivity index (χ4v) is 10.4. The number of benzene rings is 1. The Morgan fingerprint density at radius 1 is 0.875 bits per heavy atom. The Morgan fingerprint density at radius 2 is 1.53 bits per heavy atom. The van der Waals surface area contributed by atoms with Crippen LogP contribution in [0.25, 0.3) is 0 Å². The summed E-state index contributed by atoms with van der Waals surface area (Å²) >= 11 is 0. The maximum atomic E-state index is 14.0. The van der Waals surface area contributed by atoms with E-state index in [9.17, 15) is 24.3 Å². The number of aliphatic hydroxyl groups is 1. The molecule has 3 saturated heterocycles. The minimum Gasteiger partial charge on any atom is -0.463 e. The standard InChI is InChI=1S/C53H89N3O16/c1-15-41(58)68-40-31-43(60)65-34(4)25-28-56(55(11)26-20-23-38-21-18-17-19-22-38)27-24-33(3)29-39(30-44(62-12)63-13)49(50(40)64-14)71-52-47(61)46(54(9)10)48(35(5)67-52)70-45-32-53(8,72-37(7)57)51(36(6)66-45)69-42(59)16-2/h17-19,21-22,33-36,39-40,44-52,61H,15-16,20,23-32H2,1-14H3/t33-,34+,35+,36-,39+,40+,45-,46+,47+,48+,49-,50-,51-,52-,53+/m0/s1. The Morgan fingerprint density at radius 3 is 2.14 bits per heavy atom. The summed E-state index contributed by atoms with van der Waals surface area (Å²) in [7, 11) is 10.3. The van der Waals surface area contributed by atoms with Gasteiger partial charge in [0.1, 0.15) is 30.5 Å². The Balaban J connectivity index is 1.71. The monoisotopic (exact) mass is 1020 g/mol. The largest absolute Gasteiger partial charge is 0.463 e. The fraction of sp³-hybridized carbons (Fsp3) is 0.811. The highest BCUT2D eigenvalue weighted by molar-refractivity contribution is 5.73. The van der Waals surface area contributed by atoms with Crippen LogP contribution in [0.2, 0.25) is 0 Å². The van der Waals surface area contributed by atoms with Gasteiger partial charge in [0.15, 0.2) is 30.6 Å². The van der Waals surface area contributed by atoms with E-state index >= 15 is 0 Å². The molecule has 19 heteroatoms. The predicted octanol–water partition coefficient (Wildman–Crippen LogP) is 5.46. The van der Waals surface area contributed by atoms with Crippen molar-refractivity contribution in [3.8, 4) is 0 Å². The van der Waals surface area contributed by atoms with Gasteiger partial charge in [-0.2, -0.15) is 0 Å². The maximum absolute atomic E-state index is 14.0. The van der Waals surface area contributed by atoms with Crippen molar-refractivity contribution in [2.75, 3.05) is 62.1 Å². The number of hydrogen-bond donors (Lipinski definition) is 1. The molecule has 0 aliphatic carbocycles. The zero-order valence-electron chi connectivity index (χ0n) is 45.7. The molecule has 3 aliphatic heterocycles. The van der Waals surface area contributed by atoms with Gasteiger partial charge in [0.2, 0.25) is 0 Å². The third kappa shape index (κ3) is 17.9. The molecule has 0 unspecified atom stereocenters. The molecule has 412 valence electrons. The number of carbonyl (C=O) groups excluding carboxylic acids is 4. The van der Waals surface area contributed by atoms with E-state index in [1.807, 2.05) is 17.9 Å². The van der Waals surface area contributed by atoms with Crippen molar-refractivity contribution in [2.45, 2.75) is 205 Å². The molecule has 0 radical (unpaired) electrons. The zero-order valence-corrected chi connectivity index (χ0v) is 45.7. The molecule has 15 atom stereocenters. The minimum absolute atomic E-state index is 0.0109. The third-order valence-electron chi connectivity index (χ3n) is 14.2. The quantitative estimate of drug-likeness (QED) is 0.0981. The molecule has 3 heterocycles. The molecule has 0 aromatic heterocycles. The van der Waals surface area contributed by atoms with Crippen molar-refractivity contribution in [1.29, 1.82) is 0 Å². The van der Waals surface area contributed by atoms with Gasteiger partial charge in [-0.05, 0) is 91.3 Å². The van der Waals surface area contributed by atoms with Gasteiger partial charge in [-0.15, -0.1) is 0 Å². The number of rotatable bonds is 20. The lowest BCUT2D eigenvalue weighted by atomic mass is 9.82. The minimum atomic E-state index is -1.36. The number of methoxy groups -OCH3 is 3. The number of carbonyl (C=O) groups is 4. The average Bonchev–Trinajstić information content (AvgIpc) is 3.32. The Kier molecular flexibility index (Phi) is 25.2. The first kappa shape index (κ1) is 61.2. The van der Waals surface area contributed by atoms with Crippen molar-refractivity contribution in [3.63, 3.8) is 0 Å². The summed E-state index contributed by atoms with van der Waals surface area (Å²) < 4.78 is 68.3. The Labute approximate surface area is 429 Å². The van der Waals surface area contributed by atoms with Crippen LogP contribution in [0.5, 0.6) is 0 Å². The molecular weight excluding hydrogens is 935 g/mol. The summed E-state index contributed by atoms with van der Waals surface area (Å²) in [6.45, 7) is 16.1. The van der Waals surface area contributed by atoms with Crippen LogP contribution in [0.1, 0.15) is 119 Å². The summed E-state index contributed by atoms with van der Waals surface area (Å²) in [5.74, 6) is -2.50. The van der Waals surface area contributed by atoms with E-state index in [1.165, 1.54) is 19.6 Å². The van der Waals surface area contributed by atoms with Gasteiger partial charge in [-0.25, -0.2) is 10.0 Å². The molecule has 0 bridgehead atoms. The summed E-state index contributed by atoms with van der Waals surface area (Å²) in [6, 6.07) is 9.67. The Bertz CT molecular complexity index is 1790. The Hall–Kier alpha value is -3.34. The number of ether oxygens (including phenoxy) is 11. The van der Waals surface area contributed by atoms with Crippen LogP contribution < -0.4 is 0 Å². The van der Waals surface area contributed by atoms with Gasteiger partial charge in [0.25, 0.3) is 0 Å². The smallest absolute Gasteiger partial charge is 0.309 e. The molecule has 3 fully saturated rings. The number of hydrazine groups is 1. The van der Waals surface area contributed by atoms with Crippen LogP contribution in [0.15, 0.2) is 30.3 Å². The van der Waals surface area contributed by atoms with E-state index in [0.717, 1.165) is 32.4 Å². The van der Waals surface area contributed by atoms with Crippen LogP contribution in [0.4, 0.5) is 0 Å². The number of aryl methyl sites for hydroxylation is 1. The molecule has 19 nitrogen and oxygen atoms in total.